The van der Waals surface area contributed by atoms with E-state index in [1.54, 1.807) is 0 Å². The zero-order valence-corrected chi connectivity index (χ0v) is 32.9. The summed E-state index contributed by atoms with van der Waals surface area (Å²) in [6.45, 7) is 9.90. The second-order valence-corrected chi connectivity index (χ2v) is 24.3. The van der Waals surface area contributed by atoms with E-state index in [2.05, 4.69) is 184 Å². The van der Waals surface area contributed by atoms with Crippen molar-refractivity contribution in [3.05, 3.63) is 164 Å². The molecule has 258 valence electrons. The lowest BCUT2D eigenvalue weighted by Gasteiger charge is -2.20. The van der Waals surface area contributed by atoms with E-state index in [1.165, 1.54) is 65.3 Å². The molecule has 3 nitrogen and oxygen atoms in total. The topological polar surface area (TPSA) is 38.7 Å². The van der Waals surface area contributed by atoms with Crippen LogP contribution in [0.25, 0.3) is 78.7 Å². The number of hydrogen-bond acceptors (Lipinski definition) is 3. The van der Waals surface area contributed by atoms with Gasteiger partial charge in [0.25, 0.3) is 0 Å². The van der Waals surface area contributed by atoms with Gasteiger partial charge in [-0.2, -0.15) is 0 Å². The fourth-order valence-corrected chi connectivity index (χ4v) is 15.1. The fourth-order valence-electron chi connectivity index (χ4n) is 8.90. The zero-order valence-electron chi connectivity index (χ0n) is 30.9. The molecule has 0 fully saturated rings. The van der Waals surface area contributed by atoms with Crippen LogP contribution in [-0.4, -0.2) is 31.1 Å². The van der Waals surface area contributed by atoms with Gasteiger partial charge in [0.05, 0.1) is 0 Å². The van der Waals surface area contributed by atoms with Gasteiger partial charge in [-0.15, -0.1) is 0 Å². The van der Waals surface area contributed by atoms with Crippen molar-refractivity contribution >= 4 is 36.9 Å². The lowest BCUT2D eigenvalue weighted by molar-refractivity contribution is 1.08. The molecule has 3 heterocycles. The van der Waals surface area contributed by atoms with Crippen molar-refractivity contribution in [2.24, 2.45) is 0 Å². The minimum atomic E-state index is -2.03. The van der Waals surface area contributed by atoms with Crippen molar-refractivity contribution in [1.82, 2.24) is 15.0 Å². The third kappa shape index (κ3) is 5.03. The van der Waals surface area contributed by atoms with Crippen LogP contribution in [0.5, 0.6) is 0 Å². The molecule has 0 aliphatic carbocycles. The Balaban J connectivity index is 1.18. The maximum Gasteiger partial charge on any atom is 0.164 e. The highest BCUT2D eigenvalue weighted by atomic mass is 28.3. The first-order valence-electron chi connectivity index (χ1n) is 18.8. The molecule has 7 aromatic carbocycles. The largest absolute Gasteiger partial charge is 0.208 e. The summed E-state index contributed by atoms with van der Waals surface area (Å²) in [6, 6.07) is 59.4. The Morgan fingerprint density at radius 2 is 0.685 bits per heavy atom. The van der Waals surface area contributed by atoms with Gasteiger partial charge in [-0.3, -0.25) is 0 Å². The number of hydrogen-bond donors (Lipinski definition) is 0. The third-order valence-electron chi connectivity index (χ3n) is 11.8. The van der Waals surface area contributed by atoms with E-state index in [4.69, 9.17) is 15.0 Å². The molecule has 0 unspecified atom stereocenters. The molecule has 0 saturated carbocycles. The predicted molar refractivity (Wildman–Crippen MR) is 231 cm³/mol. The smallest absolute Gasteiger partial charge is 0.164 e. The highest BCUT2D eigenvalue weighted by molar-refractivity contribution is 7.04. The standard InChI is InChI=1S/C49H39N3Si2/c1-53(2)41-24-14-22-39(45(41)37-28-26-35(30-43(37)53)32-16-8-5-9-17-32)48-50-47(34-20-12-7-13-21-34)51-49(52-48)40-23-15-25-42-46(40)38-29-27-36(31-44(38)54(42,3)4)33-18-10-6-11-19-33/h5-31H,1-4H3. The summed E-state index contributed by atoms with van der Waals surface area (Å²) >= 11 is 0. The lowest BCUT2D eigenvalue weighted by atomic mass is 9.96. The summed E-state index contributed by atoms with van der Waals surface area (Å²) in [6.07, 6.45) is 0. The second kappa shape index (κ2) is 12.3. The maximum absolute atomic E-state index is 5.43. The minimum Gasteiger partial charge on any atom is -0.208 e. The normalized spacial score (nSPS) is 14.2. The second-order valence-electron chi connectivity index (χ2n) is 15.6. The van der Waals surface area contributed by atoms with Crippen LogP contribution in [0.1, 0.15) is 0 Å². The number of rotatable bonds is 5. The van der Waals surface area contributed by atoms with E-state index >= 15 is 0 Å². The summed E-state index contributed by atoms with van der Waals surface area (Å²) in [4.78, 5) is 16.0. The Morgan fingerprint density at radius 3 is 1.11 bits per heavy atom. The fraction of sp³-hybridized carbons (Fsp3) is 0.0816. The lowest BCUT2D eigenvalue weighted by Crippen LogP contribution is -2.49. The Morgan fingerprint density at radius 1 is 0.296 bits per heavy atom. The molecule has 54 heavy (non-hydrogen) atoms. The van der Waals surface area contributed by atoms with Gasteiger partial charge >= 0.3 is 0 Å². The van der Waals surface area contributed by atoms with E-state index in [0.29, 0.717) is 17.5 Å². The third-order valence-corrected chi connectivity index (χ3v) is 18.8. The van der Waals surface area contributed by atoms with Crippen LogP contribution in [0.2, 0.25) is 26.2 Å². The van der Waals surface area contributed by atoms with Crippen molar-refractivity contribution in [2.75, 3.05) is 0 Å². The van der Waals surface area contributed by atoms with E-state index in [0.717, 1.165) is 16.7 Å². The molecule has 2 aliphatic rings. The number of benzene rings is 7. The molecule has 0 N–H and O–H groups in total. The predicted octanol–water partition coefficient (Wildman–Crippen LogP) is 9.81. The van der Waals surface area contributed by atoms with Crippen LogP contribution < -0.4 is 20.7 Å². The zero-order chi connectivity index (χ0) is 36.6. The number of aromatic nitrogens is 3. The van der Waals surface area contributed by atoms with Crippen LogP contribution in [0.4, 0.5) is 0 Å². The molecule has 0 bridgehead atoms. The van der Waals surface area contributed by atoms with Crippen LogP contribution in [0.3, 0.4) is 0 Å². The summed E-state index contributed by atoms with van der Waals surface area (Å²) in [5, 5.41) is 5.78. The van der Waals surface area contributed by atoms with Gasteiger partial charge in [0.2, 0.25) is 0 Å². The molecule has 0 spiro atoms. The summed E-state index contributed by atoms with van der Waals surface area (Å²) < 4.78 is 0. The molecule has 0 saturated heterocycles. The van der Waals surface area contributed by atoms with Crippen molar-refractivity contribution in [3.63, 3.8) is 0 Å². The van der Waals surface area contributed by atoms with Gasteiger partial charge in [-0.1, -0.05) is 190 Å². The summed E-state index contributed by atoms with van der Waals surface area (Å²) in [5.41, 5.74) is 13.3. The molecule has 0 atom stereocenters. The molecule has 2 aliphatic heterocycles. The average Bonchev–Trinajstić information content (AvgIpc) is 3.60. The van der Waals surface area contributed by atoms with Crippen LogP contribution in [0, 0.1) is 0 Å². The highest BCUT2D eigenvalue weighted by Gasteiger charge is 2.41. The maximum atomic E-state index is 5.43. The van der Waals surface area contributed by atoms with Gasteiger partial charge < -0.3 is 0 Å². The van der Waals surface area contributed by atoms with Crippen LogP contribution >= 0.6 is 0 Å². The first kappa shape index (κ1) is 32.6. The van der Waals surface area contributed by atoms with Crippen molar-refractivity contribution in [1.29, 1.82) is 0 Å². The molecule has 8 aromatic rings. The van der Waals surface area contributed by atoms with E-state index in [1.807, 2.05) is 6.07 Å². The van der Waals surface area contributed by atoms with E-state index in [9.17, 15) is 0 Å². The van der Waals surface area contributed by atoms with Gasteiger partial charge in [-0.05, 0) is 65.3 Å². The molecule has 0 amide bonds. The summed E-state index contributed by atoms with van der Waals surface area (Å²) in [5.74, 6) is 2.12. The Hall–Kier alpha value is -6.02. The van der Waals surface area contributed by atoms with E-state index in [-0.39, 0.29) is 0 Å². The van der Waals surface area contributed by atoms with E-state index < -0.39 is 16.1 Å². The average molecular weight is 726 g/mol. The molecule has 1 aromatic heterocycles. The van der Waals surface area contributed by atoms with Gasteiger partial charge in [-0.25, -0.2) is 15.0 Å². The number of nitrogens with zero attached hydrogens (tertiary/aromatic N) is 3. The SMILES string of the molecule is C[Si]1(C)c2cc(-c3ccccc3)ccc2-c2c(-c3nc(-c4ccccc4)nc(-c4cccc5c4-c4ccc(-c6ccccc6)cc4[Si]5(C)C)n3)cccc21. The molecule has 10 rings (SSSR count). The molecular weight excluding hydrogens is 687 g/mol. The molecule has 5 heteroatoms. The minimum absolute atomic E-state index is 0.689. The quantitative estimate of drug-likeness (QED) is 0.166. The Bertz CT molecular complexity index is 2590. The van der Waals surface area contributed by atoms with Gasteiger partial charge in [0, 0.05) is 16.7 Å². The first-order valence-corrected chi connectivity index (χ1v) is 24.8. The molecular formula is C49H39N3Si2. The monoisotopic (exact) mass is 725 g/mol. The van der Waals surface area contributed by atoms with Crippen molar-refractivity contribution < 1.29 is 0 Å². The Kier molecular flexibility index (Phi) is 7.41. The van der Waals surface area contributed by atoms with Crippen LogP contribution in [0.15, 0.2) is 164 Å². The van der Waals surface area contributed by atoms with Gasteiger partial charge in [0.1, 0.15) is 16.1 Å². The van der Waals surface area contributed by atoms with Crippen LogP contribution in [-0.2, 0) is 0 Å². The van der Waals surface area contributed by atoms with Crippen molar-refractivity contribution in [3.8, 4) is 78.7 Å². The molecule has 0 radical (unpaired) electrons. The summed E-state index contributed by atoms with van der Waals surface area (Å²) in [7, 11) is -4.06. The van der Waals surface area contributed by atoms with Crippen molar-refractivity contribution in [2.45, 2.75) is 26.2 Å². The number of fused-ring (bicyclic) bond motifs is 6. The first-order chi connectivity index (χ1) is 26.3. The Labute approximate surface area is 319 Å². The highest BCUT2D eigenvalue weighted by Crippen LogP contribution is 2.40. The van der Waals surface area contributed by atoms with Gasteiger partial charge in [0.15, 0.2) is 17.5 Å².